The standard InChI is InChI=1S/C31H34FN3O8/c1-34(2)24-19-11-15-10-18-17(27-14(7-9-43-27)12-35-8-3-4-16(32)13-35)5-6-20(36)22(18)25(37)21(15)28(39)31(19,42)29(40)23(26(24)38)30(33)41/h5-7,9,15-16,19,21,23-24,36,42H,3-4,8,10-13H2,1-2H3,(H2,33,41)/t15-,16?,19-,21?,23?,24-,31-/m0/s1. The summed E-state index contributed by atoms with van der Waals surface area (Å²) in [5.74, 6) is -10.5. The van der Waals surface area contributed by atoms with Gasteiger partial charge in [0, 0.05) is 30.1 Å². The molecule has 1 aromatic carbocycles. The Morgan fingerprint density at radius 2 is 1.93 bits per heavy atom. The van der Waals surface area contributed by atoms with E-state index in [-0.39, 0.29) is 24.2 Å². The predicted octanol–water partition coefficient (Wildman–Crippen LogP) is 1.06. The van der Waals surface area contributed by atoms with Crippen molar-refractivity contribution >= 4 is 29.0 Å². The minimum atomic E-state index is -2.78. The van der Waals surface area contributed by atoms with E-state index in [1.807, 2.05) is 4.90 Å². The molecule has 4 aliphatic rings. The lowest BCUT2D eigenvalue weighted by Gasteiger charge is -2.52. The van der Waals surface area contributed by atoms with Crippen molar-refractivity contribution in [1.82, 2.24) is 9.80 Å². The molecule has 6 rings (SSSR count). The van der Waals surface area contributed by atoms with E-state index >= 15 is 0 Å². The fraction of sp³-hybridized carbons (Fsp3) is 0.516. The molecule has 1 amide bonds. The molecular formula is C31H34FN3O8. The normalized spacial score (nSPS) is 32.9. The third-order valence-corrected chi connectivity index (χ3v) is 9.78. The molecule has 1 aliphatic heterocycles. The zero-order chi connectivity index (χ0) is 31.0. The van der Waals surface area contributed by atoms with Crippen molar-refractivity contribution < 1.29 is 43.0 Å². The molecule has 2 aromatic rings. The molecule has 228 valence electrons. The molecular weight excluding hydrogens is 561 g/mol. The second-order valence-electron chi connectivity index (χ2n) is 12.5. The van der Waals surface area contributed by atoms with E-state index in [1.165, 1.54) is 31.3 Å². The van der Waals surface area contributed by atoms with Gasteiger partial charge in [0.25, 0.3) is 0 Å². The van der Waals surface area contributed by atoms with Gasteiger partial charge in [0.05, 0.1) is 23.8 Å². The average Bonchev–Trinajstić information content (AvgIpc) is 3.38. The van der Waals surface area contributed by atoms with Crippen molar-refractivity contribution in [3.63, 3.8) is 0 Å². The number of furan rings is 1. The largest absolute Gasteiger partial charge is 0.507 e. The molecule has 12 heteroatoms. The number of piperidine rings is 1. The van der Waals surface area contributed by atoms with Crippen molar-refractivity contribution in [2.24, 2.45) is 29.4 Å². The van der Waals surface area contributed by atoms with Gasteiger partial charge in [-0.25, -0.2) is 4.39 Å². The Labute approximate surface area is 246 Å². The Morgan fingerprint density at radius 3 is 2.60 bits per heavy atom. The molecule has 43 heavy (non-hydrogen) atoms. The third-order valence-electron chi connectivity index (χ3n) is 9.78. The number of amides is 1. The lowest BCUT2D eigenvalue weighted by atomic mass is 9.52. The highest BCUT2D eigenvalue weighted by Crippen LogP contribution is 2.52. The first-order valence-electron chi connectivity index (χ1n) is 14.5. The molecule has 3 unspecified atom stereocenters. The number of carbonyl (C=O) groups is 5. The van der Waals surface area contributed by atoms with Crippen molar-refractivity contribution in [3.05, 3.63) is 41.2 Å². The van der Waals surface area contributed by atoms with Crippen molar-refractivity contribution in [1.29, 1.82) is 0 Å². The van der Waals surface area contributed by atoms with Gasteiger partial charge in [-0.05, 0) is 76.0 Å². The number of halogens is 1. The Morgan fingerprint density at radius 1 is 1.19 bits per heavy atom. The number of nitrogens with zero attached hydrogens (tertiary/aromatic N) is 2. The fourth-order valence-electron chi connectivity index (χ4n) is 7.90. The molecule has 0 radical (unpaired) electrons. The van der Waals surface area contributed by atoms with Gasteiger partial charge < -0.3 is 20.4 Å². The summed E-state index contributed by atoms with van der Waals surface area (Å²) in [6, 6.07) is 3.57. The van der Waals surface area contributed by atoms with Crippen LogP contribution in [0.3, 0.4) is 0 Å². The van der Waals surface area contributed by atoms with Crippen molar-refractivity contribution in [3.8, 4) is 17.1 Å². The van der Waals surface area contributed by atoms with Gasteiger partial charge in [-0.15, -0.1) is 0 Å². The second kappa shape index (κ2) is 10.5. The molecule has 1 aromatic heterocycles. The number of hydrogen-bond donors (Lipinski definition) is 3. The van der Waals surface area contributed by atoms with Crippen LogP contribution in [0.25, 0.3) is 11.3 Å². The maximum atomic E-state index is 14.1. The van der Waals surface area contributed by atoms with Crippen LogP contribution in [0.4, 0.5) is 4.39 Å². The molecule has 7 atom stereocenters. The molecule has 11 nitrogen and oxygen atoms in total. The van der Waals surface area contributed by atoms with Gasteiger partial charge in [0.1, 0.15) is 17.7 Å². The van der Waals surface area contributed by atoms with Gasteiger partial charge in [0.2, 0.25) is 5.91 Å². The zero-order valence-corrected chi connectivity index (χ0v) is 23.9. The van der Waals surface area contributed by atoms with E-state index in [4.69, 9.17) is 10.2 Å². The smallest absolute Gasteiger partial charge is 0.235 e. The summed E-state index contributed by atoms with van der Waals surface area (Å²) in [6.45, 7) is 1.45. The van der Waals surface area contributed by atoms with Crippen LogP contribution in [0.1, 0.15) is 40.7 Å². The first-order valence-corrected chi connectivity index (χ1v) is 14.5. The van der Waals surface area contributed by atoms with Crippen LogP contribution >= 0.6 is 0 Å². The average molecular weight is 596 g/mol. The van der Waals surface area contributed by atoms with E-state index in [9.17, 15) is 38.6 Å². The van der Waals surface area contributed by atoms with E-state index in [0.29, 0.717) is 36.4 Å². The van der Waals surface area contributed by atoms with Crippen LogP contribution in [0, 0.1) is 23.7 Å². The van der Waals surface area contributed by atoms with E-state index < -0.39 is 70.5 Å². The number of likely N-dealkylation sites (N-methyl/N-ethyl adjacent to an activating group) is 1. The van der Waals surface area contributed by atoms with E-state index in [1.54, 1.807) is 12.1 Å². The van der Waals surface area contributed by atoms with Crippen molar-refractivity contribution in [2.45, 2.75) is 50.0 Å². The number of fused-ring (bicyclic) bond motifs is 3. The number of carbonyl (C=O) groups excluding carboxylic acids is 5. The highest BCUT2D eigenvalue weighted by atomic mass is 19.1. The lowest BCUT2D eigenvalue weighted by Crippen LogP contribution is -2.74. The van der Waals surface area contributed by atoms with Crippen molar-refractivity contribution in [2.75, 3.05) is 27.2 Å². The van der Waals surface area contributed by atoms with Gasteiger partial charge in [0.15, 0.2) is 34.7 Å². The number of phenolic OH excluding ortho intramolecular Hbond substituents is 1. The number of aromatic hydroxyl groups is 1. The lowest BCUT2D eigenvalue weighted by molar-refractivity contribution is -0.181. The molecule has 3 aliphatic carbocycles. The van der Waals surface area contributed by atoms with Gasteiger partial charge in [-0.2, -0.15) is 0 Å². The first kappa shape index (κ1) is 29.3. The fourth-order valence-corrected chi connectivity index (χ4v) is 7.90. The van der Waals surface area contributed by atoms with Gasteiger partial charge in [-0.1, -0.05) is 0 Å². The molecule has 0 spiro atoms. The number of Topliss-reactive ketones (excluding diaryl/α,β-unsaturated/α-hetero) is 4. The van der Waals surface area contributed by atoms with Crippen LogP contribution in [0.15, 0.2) is 28.9 Å². The van der Waals surface area contributed by atoms with Crippen LogP contribution in [-0.2, 0) is 32.1 Å². The quantitative estimate of drug-likeness (QED) is 0.425. The minimum Gasteiger partial charge on any atom is -0.507 e. The molecule has 2 saturated carbocycles. The SMILES string of the molecule is CN(C)[C@@H]1C(=O)C(C(N)=O)C(=O)[C@@]2(O)C(=O)C3C(=O)c4c(O)ccc(-c5occc5CN5CCCC(F)C5)c4C[C@H]3C[C@@H]12. The number of alkyl halides is 1. The Kier molecular flexibility index (Phi) is 7.14. The Bertz CT molecular complexity index is 1550. The number of phenols is 1. The highest BCUT2D eigenvalue weighted by Gasteiger charge is 2.69. The predicted molar refractivity (Wildman–Crippen MR) is 148 cm³/mol. The summed E-state index contributed by atoms with van der Waals surface area (Å²) < 4.78 is 19.9. The summed E-state index contributed by atoms with van der Waals surface area (Å²) in [6.07, 6.45) is 1.93. The minimum absolute atomic E-state index is 0.0460. The molecule has 3 fully saturated rings. The zero-order valence-electron chi connectivity index (χ0n) is 23.9. The first-order chi connectivity index (χ1) is 20.4. The van der Waals surface area contributed by atoms with Gasteiger partial charge >= 0.3 is 0 Å². The summed E-state index contributed by atoms with van der Waals surface area (Å²) in [5.41, 5.74) is 4.25. The number of aliphatic hydroxyl groups is 1. The maximum Gasteiger partial charge on any atom is 0.235 e. The van der Waals surface area contributed by atoms with Crippen LogP contribution in [-0.4, -0.2) is 94.1 Å². The van der Waals surface area contributed by atoms with Crippen LogP contribution < -0.4 is 5.73 Å². The number of ketones is 4. The summed E-state index contributed by atoms with van der Waals surface area (Å²) in [7, 11) is 3.08. The van der Waals surface area contributed by atoms with E-state index in [0.717, 1.165) is 18.5 Å². The summed E-state index contributed by atoms with van der Waals surface area (Å²) in [4.78, 5) is 70.3. The molecule has 4 N–H and O–H groups in total. The molecule has 0 bridgehead atoms. The maximum absolute atomic E-state index is 14.1. The second-order valence-corrected chi connectivity index (χ2v) is 12.5. The topological polar surface area (TPSA) is 171 Å². The number of nitrogens with two attached hydrogens (primary N) is 1. The Hall–Kier alpha value is -3.74. The highest BCUT2D eigenvalue weighted by molar-refractivity contribution is 6.32. The monoisotopic (exact) mass is 595 g/mol. The molecule has 1 saturated heterocycles. The number of likely N-dealkylation sites (tertiary alicyclic amines) is 1. The number of benzene rings is 1. The molecule has 2 heterocycles. The van der Waals surface area contributed by atoms with Crippen LogP contribution in [0.5, 0.6) is 5.75 Å². The summed E-state index contributed by atoms with van der Waals surface area (Å²) in [5, 5.41) is 22.6. The number of rotatable bonds is 5. The number of hydrogen-bond acceptors (Lipinski definition) is 10. The number of primary amides is 1. The Balaban J connectivity index is 1.41. The van der Waals surface area contributed by atoms with Crippen LogP contribution in [0.2, 0.25) is 0 Å². The third kappa shape index (κ3) is 4.37. The summed E-state index contributed by atoms with van der Waals surface area (Å²) >= 11 is 0. The van der Waals surface area contributed by atoms with E-state index in [2.05, 4.69) is 0 Å². The van der Waals surface area contributed by atoms with Gasteiger partial charge in [-0.3, -0.25) is 33.8 Å².